The molecular formula is C9H11ClN4O2S2. The molecule has 0 saturated carbocycles. The second-order valence-electron chi connectivity index (χ2n) is 3.60. The number of rotatable bonds is 5. The molecule has 2 rings (SSSR count). The fraction of sp³-hybridized carbons (Fsp3) is 0.333. The molecule has 0 atom stereocenters. The average molecular weight is 307 g/mol. The number of thiazole rings is 1. The van der Waals surface area contributed by atoms with Gasteiger partial charge in [-0.2, -0.15) is 9.40 Å². The molecule has 6 nitrogen and oxygen atoms in total. The van der Waals surface area contributed by atoms with E-state index in [0.717, 1.165) is 0 Å². The van der Waals surface area contributed by atoms with Crippen molar-refractivity contribution in [2.24, 2.45) is 0 Å². The fourth-order valence-electron chi connectivity index (χ4n) is 1.40. The zero-order chi connectivity index (χ0) is 13.2. The molecule has 0 fully saturated rings. The number of H-pyrrole nitrogens is 1. The molecule has 98 valence electrons. The van der Waals surface area contributed by atoms with Crippen molar-refractivity contribution in [3.05, 3.63) is 28.3 Å². The molecule has 0 radical (unpaired) electrons. The van der Waals surface area contributed by atoms with E-state index in [2.05, 4.69) is 15.2 Å². The zero-order valence-corrected chi connectivity index (χ0v) is 11.9. The van der Waals surface area contributed by atoms with Crippen LogP contribution in [0.2, 0.25) is 0 Å². The molecule has 0 aliphatic rings. The largest absolute Gasteiger partial charge is 0.266 e. The summed E-state index contributed by atoms with van der Waals surface area (Å²) >= 11 is 7.10. The predicted octanol–water partition coefficient (Wildman–Crippen LogP) is 1.43. The molecule has 0 aliphatic carbocycles. The van der Waals surface area contributed by atoms with E-state index in [1.165, 1.54) is 28.9 Å². The highest BCUT2D eigenvalue weighted by molar-refractivity contribution is 7.89. The van der Waals surface area contributed by atoms with Crippen molar-refractivity contribution in [1.29, 1.82) is 0 Å². The van der Waals surface area contributed by atoms with Gasteiger partial charge in [0.05, 0.1) is 29.8 Å². The number of hydrogen-bond donors (Lipinski definition) is 1. The maximum absolute atomic E-state index is 12.3. The van der Waals surface area contributed by atoms with E-state index in [-0.39, 0.29) is 17.5 Å². The van der Waals surface area contributed by atoms with Crippen LogP contribution in [-0.4, -0.2) is 35.0 Å². The first-order valence-corrected chi connectivity index (χ1v) is 7.89. The molecular weight excluding hydrogens is 296 g/mol. The molecule has 2 heterocycles. The van der Waals surface area contributed by atoms with Crippen LogP contribution in [0.25, 0.3) is 0 Å². The van der Waals surface area contributed by atoms with Crippen LogP contribution in [0.4, 0.5) is 0 Å². The van der Waals surface area contributed by atoms with Crippen molar-refractivity contribution in [3.8, 4) is 0 Å². The Balaban J connectivity index is 2.26. The van der Waals surface area contributed by atoms with E-state index in [9.17, 15) is 8.42 Å². The lowest BCUT2D eigenvalue weighted by molar-refractivity contribution is 0.459. The second-order valence-corrected chi connectivity index (χ2v) is 6.57. The van der Waals surface area contributed by atoms with Gasteiger partial charge in [-0.05, 0) is 0 Å². The van der Waals surface area contributed by atoms with E-state index in [1.54, 1.807) is 10.9 Å². The summed E-state index contributed by atoms with van der Waals surface area (Å²) in [6.07, 6.45) is 1.41. The van der Waals surface area contributed by atoms with Crippen molar-refractivity contribution >= 4 is 33.0 Å². The third-order valence-corrected chi connectivity index (χ3v) is 5.10. The Kier molecular flexibility index (Phi) is 4.00. The molecule has 18 heavy (non-hydrogen) atoms. The summed E-state index contributed by atoms with van der Waals surface area (Å²) in [5.41, 5.74) is 2.83. The van der Waals surface area contributed by atoms with Gasteiger partial charge in [-0.25, -0.2) is 13.4 Å². The number of halogens is 1. The molecule has 2 aromatic heterocycles. The first-order valence-electron chi connectivity index (χ1n) is 4.97. The quantitative estimate of drug-likeness (QED) is 0.847. The van der Waals surface area contributed by atoms with Crippen LogP contribution < -0.4 is 0 Å². The molecule has 0 unspecified atom stereocenters. The Morgan fingerprint density at radius 3 is 2.94 bits per heavy atom. The summed E-state index contributed by atoms with van der Waals surface area (Å²) < 4.78 is 25.8. The van der Waals surface area contributed by atoms with Crippen molar-refractivity contribution in [2.45, 2.75) is 17.5 Å². The Bertz CT molecular complexity index is 608. The van der Waals surface area contributed by atoms with Gasteiger partial charge in [-0.3, -0.25) is 5.10 Å². The Morgan fingerprint density at radius 2 is 2.33 bits per heavy atom. The lowest BCUT2D eigenvalue weighted by Gasteiger charge is -2.15. The van der Waals surface area contributed by atoms with Crippen LogP contribution in [0.3, 0.4) is 0 Å². The molecule has 0 spiro atoms. The van der Waals surface area contributed by atoms with Crippen molar-refractivity contribution < 1.29 is 8.42 Å². The highest BCUT2D eigenvalue weighted by Crippen LogP contribution is 2.19. The first kappa shape index (κ1) is 13.5. The summed E-state index contributed by atoms with van der Waals surface area (Å²) in [5, 5.41) is 8.03. The van der Waals surface area contributed by atoms with Crippen molar-refractivity contribution in [2.75, 3.05) is 7.05 Å². The van der Waals surface area contributed by atoms with E-state index in [4.69, 9.17) is 11.6 Å². The number of nitrogens with zero attached hydrogens (tertiary/aromatic N) is 3. The SMILES string of the molecule is CN(Cc1cscn1)S(=O)(=O)c1[nH]ncc1CCl. The first-order chi connectivity index (χ1) is 8.55. The van der Waals surface area contributed by atoms with E-state index in [0.29, 0.717) is 11.3 Å². The van der Waals surface area contributed by atoms with E-state index in [1.807, 2.05) is 0 Å². The number of sulfonamides is 1. The number of aromatic nitrogens is 3. The minimum atomic E-state index is -3.62. The van der Waals surface area contributed by atoms with Gasteiger partial charge in [0.1, 0.15) is 0 Å². The minimum Gasteiger partial charge on any atom is -0.266 e. The summed E-state index contributed by atoms with van der Waals surface area (Å²) in [7, 11) is -2.13. The second kappa shape index (κ2) is 5.35. The van der Waals surface area contributed by atoms with E-state index < -0.39 is 10.0 Å². The topological polar surface area (TPSA) is 79.0 Å². The number of aromatic amines is 1. The van der Waals surface area contributed by atoms with Gasteiger partial charge < -0.3 is 0 Å². The number of hydrogen-bond acceptors (Lipinski definition) is 5. The van der Waals surface area contributed by atoms with Gasteiger partial charge in [-0.15, -0.1) is 22.9 Å². The summed E-state index contributed by atoms with van der Waals surface area (Å²) in [6.45, 7) is 0.215. The molecule has 0 bridgehead atoms. The lowest BCUT2D eigenvalue weighted by Crippen LogP contribution is -2.27. The third kappa shape index (κ3) is 2.56. The number of nitrogens with one attached hydrogen (secondary N) is 1. The highest BCUT2D eigenvalue weighted by Gasteiger charge is 2.26. The summed E-state index contributed by atoms with van der Waals surface area (Å²) in [6, 6.07) is 0. The van der Waals surface area contributed by atoms with Crippen LogP contribution in [-0.2, 0) is 22.4 Å². The molecule has 0 aliphatic heterocycles. The molecule has 0 saturated heterocycles. The summed E-state index contributed by atoms with van der Waals surface area (Å²) in [5.74, 6) is 0.0929. The van der Waals surface area contributed by atoms with E-state index >= 15 is 0 Å². The average Bonchev–Trinajstić information content (AvgIpc) is 2.98. The Hall–Kier alpha value is -0.960. The maximum atomic E-state index is 12.3. The monoisotopic (exact) mass is 306 g/mol. The smallest absolute Gasteiger partial charge is 0.260 e. The van der Waals surface area contributed by atoms with Crippen LogP contribution in [0.1, 0.15) is 11.3 Å². The molecule has 0 aromatic carbocycles. The normalized spacial score (nSPS) is 12.2. The van der Waals surface area contributed by atoms with Gasteiger partial charge in [-0.1, -0.05) is 0 Å². The lowest BCUT2D eigenvalue weighted by atomic mass is 10.4. The maximum Gasteiger partial charge on any atom is 0.260 e. The van der Waals surface area contributed by atoms with Gasteiger partial charge in [0.2, 0.25) is 0 Å². The van der Waals surface area contributed by atoms with Crippen molar-refractivity contribution in [3.63, 3.8) is 0 Å². The Labute approximate surface area is 114 Å². The van der Waals surface area contributed by atoms with Gasteiger partial charge >= 0.3 is 0 Å². The minimum absolute atomic E-state index is 0.0372. The molecule has 2 aromatic rings. The van der Waals surface area contributed by atoms with Crippen LogP contribution in [0.5, 0.6) is 0 Å². The number of alkyl halides is 1. The molecule has 9 heteroatoms. The highest BCUT2D eigenvalue weighted by atomic mass is 35.5. The van der Waals surface area contributed by atoms with Crippen LogP contribution in [0, 0.1) is 0 Å². The van der Waals surface area contributed by atoms with Crippen LogP contribution >= 0.6 is 22.9 Å². The summed E-state index contributed by atoms with van der Waals surface area (Å²) in [4.78, 5) is 4.05. The fourth-order valence-corrected chi connectivity index (χ4v) is 3.47. The standard InChI is InChI=1S/C9H11ClN4O2S2/c1-14(4-8-5-17-6-11-8)18(15,16)9-7(2-10)3-12-13-9/h3,5-6H,2,4H2,1H3,(H,12,13). The van der Waals surface area contributed by atoms with Gasteiger partial charge in [0.25, 0.3) is 10.0 Å². The van der Waals surface area contributed by atoms with Gasteiger partial charge in [0, 0.05) is 18.0 Å². The Morgan fingerprint density at radius 1 is 1.56 bits per heavy atom. The third-order valence-electron chi connectivity index (χ3n) is 2.36. The molecule has 0 amide bonds. The predicted molar refractivity (Wildman–Crippen MR) is 68.9 cm³/mol. The molecule has 1 N–H and O–H groups in total. The zero-order valence-electron chi connectivity index (χ0n) is 9.50. The van der Waals surface area contributed by atoms with Crippen LogP contribution in [0.15, 0.2) is 22.1 Å². The van der Waals surface area contributed by atoms with Crippen molar-refractivity contribution in [1.82, 2.24) is 19.5 Å². The van der Waals surface area contributed by atoms with Gasteiger partial charge in [0.15, 0.2) is 5.03 Å².